The Morgan fingerprint density at radius 2 is 2.04 bits per heavy atom. The fourth-order valence-corrected chi connectivity index (χ4v) is 3.72. The van der Waals surface area contributed by atoms with Crippen molar-refractivity contribution in [2.45, 2.75) is 51.9 Å². The zero-order chi connectivity index (χ0) is 16.8. The van der Waals surface area contributed by atoms with Gasteiger partial charge in [0.05, 0.1) is 5.41 Å². The lowest BCUT2D eigenvalue weighted by Gasteiger charge is -2.34. The molecule has 0 amide bonds. The molecule has 1 saturated heterocycles. The van der Waals surface area contributed by atoms with Crippen molar-refractivity contribution in [2.75, 3.05) is 13.1 Å². The van der Waals surface area contributed by atoms with Crippen molar-refractivity contribution in [1.82, 2.24) is 9.88 Å². The van der Waals surface area contributed by atoms with Gasteiger partial charge in [0.15, 0.2) is 0 Å². The summed E-state index contributed by atoms with van der Waals surface area (Å²) in [6.45, 7) is 10.8. The first-order valence-electron chi connectivity index (χ1n) is 8.40. The average molecular weight is 320 g/mol. The van der Waals surface area contributed by atoms with Gasteiger partial charge in [-0.1, -0.05) is 12.7 Å². The smallest absolute Gasteiger partial charge is 0.254 e. The molecule has 1 unspecified atom stereocenters. The summed E-state index contributed by atoms with van der Waals surface area (Å²) >= 11 is 0. The maximum atomic E-state index is 13.9. The van der Waals surface area contributed by atoms with E-state index in [9.17, 15) is 8.78 Å². The normalized spacial score (nSPS) is 25.5. The van der Waals surface area contributed by atoms with Gasteiger partial charge in [-0.05, 0) is 55.9 Å². The number of fused-ring (bicyclic) bond motifs is 1. The maximum Gasteiger partial charge on any atom is 0.254 e. The standard InChI is InChI=1S/C19H26F2N2/c1-13(2)23-9-6-14(7-10-23)16-12-22-17-11-18(3,19(4,20)21)8-5-15(16)17/h5,11-12,14,22H,1,6-10H2,2-4H3. The number of alkyl halides is 2. The summed E-state index contributed by atoms with van der Waals surface area (Å²) in [5, 5.41) is 2.00. The zero-order valence-electron chi connectivity index (χ0n) is 14.3. The molecule has 1 atom stereocenters. The molecule has 23 heavy (non-hydrogen) atoms. The van der Waals surface area contributed by atoms with Crippen molar-refractivity contribution < 1.29 is 8.78 Å². The summed E-state index contributed by atoms with van der Waals surface area (Å²) in [4.78, 5) is 5.55. The number of piperidine rings is 1. The minimum Gasteiger partial charge on any atom is -0.375 e. The molecule has 1 aromatic heterocycles. The van der Waals surface area contributed by atoms with Gasteiger partial charge in [-0.15, -0.1) is 0 Å². The Hall–Kier alpha value is -1.58. The van der Waals surface area contributed by atoms with E-state index in [1.807, 2.05) is 19.2 Å². The number of hydrogen-bond acceptors (Lipinski definition) is 1. The van der Waals surface area contributed by atoms with Crippen molar-refractivity contribution in [3.05, 3.63) is 34.6 Å². The van der Waals surface area contributed by atoms with Crippen LogP contribution in [0.25, 0.3) is 12.2 Å². The van der Waals surface area contributed by atoms with Gasteiger partial charge in [-0.3, -0.25) is 0 Å². The number of hydrogen-bond donors (Lipinski definition) is 1. The molecule has 1 aliphatic carbocycles. The van der Waals surface area contributed by atoms with Crippen LogP contribution < -0.4 is 10.6 Å². The third kappa shape index (κ3) is 2.84. The van der Waals surface area contributed by atoms with Gasteiger partial charge < -0.3 is 9.88 Å². The Kier molecular flexibility index (Phi) is 3.89. The predicted octanol–water partition coefficient (Wildman–Crippen LogP) is 3.35. The first-order chi connectivity index (χ1) is 10.7. The second kappa shape index (κ2) is 5.50. The summed E-state index contributed by atoms with van der Waals surface area (Å²) in [5.74, 6) is -2.22. The third-order valence-corrected chi connectivity index (χ3v) is 5.65. The number of likely N-dealkylation sites (tertiary alicyclic amines) is 1. The molecule has 4 heteroatoms. The van der Waals surface area contributed by atoms with Crippen LogP contribution in [0.4, 0.5) is 8.78 Å². The van der Waals surface area contributed by atoms with Crippen LogP contribution in [0.1, 0.15) is 51.5 Å². The van der Waals surface area contributed by atoms with Crippen LogP contribution in [0.3, 0.4) is 0 Å². The van der Waals surface area contributed by atoms with Gasteiger partial charge >= 0.3 is 0 Å². The van der Waals surface area contributed by atoms with Crippen LogP contribution >= 0.6 is 0 Å². The minimum atomic E-state index is -2.72. The number of halogens is 2. The number of aromatic nitrogens is 1. The van der Waals surface area contributed by atoms with E-state index in [1.54, 1.807) is 13.0 Å². The van der Waals surface area contributed by atoms with E-state index in [-0.39, 0.29) is 0 Å². The molecule has 2 aliphatic rings. The molecular weight excluding hydrogens is 294 g/mol. The fraction of sp³-hybridized carbons (Fsp3) is 0.579. The Morgan fingerprint density at radius 3 is 2.61 bits per heavy atom. The Balaban J connectivity index is 1.87. The van der Waals surface area contributed by atoms with Crippen molar-refractivity contribution in [1.29, 1.82) is 0 Å². The van der Waals surface area contributed by atoms with Gasteiger partial charge in [-0.2, -0.15) is 0 Å². The quantitative estimate of drug-likeness (QED) is 0.905. The highest BCUT2D eigenvalue weighted by Crippen LogP contribution is 2.42. The summed E-state index contributed by atoms with van der Waals surface area (Å²) in [6.07, 6.45) is 8.33. The first kappa shape index (κ1) is 16.3. The SMILES string of the molecule is C=C(C)N1CCC(c2c[nH]c3c2=CCC(C)(C(C)(F)F)C=3)CC1. The molecule has 0 bridgehead atoms. The molecule has 3 rings (SSSR count). The highest BCUT2D eigenvalue weighted by atomic mass is 19.3. The molecule has 2 heterocycles. The van der Waals surface area contributed by atoms with Crippen LogP contribution in [0.2, 0.25) is 0 Å². The fourth-order valence-electron chi connectivity index (χ4n) is 3.72. The second-order valence-corrected chi connectivity index (χ2v) is 7.43. The van der Waals surface area contributed by atoms with E-state index in [4.69, 9.17) is 0 Å². The van der Waals surface area contributed by atoms with Gasteiger partial charge in [0.2, 0.25) is 0 Å². The number of nitrogens with zero attached hydrogens (tertiary/aromatic N) is 1. The van der Waals surface area contributed by atoms with Crippen LogP contribution in [0.5, 0.6) is 0 Å². The number of rotatable bonds is 3. The second-order valence-electron chi connectivity index (χ2n) is 7.43. The summed E-state index contributed by atoms with van der Waals surface area (Å²) in [7, 11) is 0. The average Bonchev–Trinajstić information content (AvgIpc) is 2.89. The Morgan fingerprint density at radius 1 is 1.39 bits per heavy atom. The van der Waals surface area contributed by atoms with E-state index in [1.165, 1.54) is 5.56 Å². The third-order valence-electron chi connectivity index (χ3n) is 5.65. The van der Waals surface area contributed by atoms with E-state index < -0.39 is 11.3 Å². The topological polar surface area (TPSA) is 19.0 Å². The van der Waals surface area contributed by atoms with Crippen molar-refractivity contribution in [3.63, 3.8) is 0 Å². The minimum absolute atomic E-state index is 0.388. The number of nitrogens with one attached hydrogen (secondary N) is 1. The van der Waals surface area contributed by atoms with Gasteiger partial charge in [0.1, 0.15) is 0 Å². The number of allylic oxidation sites excluding steroid dienone is 1. The summed E-state index contributed by atoms with van der Waals surface area (Å²) < 4.78 is 27.8. The molecule has 0 saturated carbocycles. The molecule has 1 fully saturated rings. The van der Waals surface area contributed by atoms with E-state index in [2.05, 4.69) is 16.5 Å². The first-order valence-corrected chi connectivity index (χ1v) is 8.40. The molecule has 1 aromatic rings. The molecule has 1 N–H and O–H groups in total. The number of H-pyrrole nitrogens is 1. The predicted molar refractivity (Wildman–Crippen MR) is 90.7 cm³/mol. The van der Waals surface area contributed by atoms with E-state index >= 15 is 0 Å². The molecule has 0 aromatic carbocycles. The lowest BCUT2D eigenvalue weighted by atomic mass is 9.77. The molecular formula is C19H26F2N2. The largest absolute Gasteiger partial charge is 0.375 e. The number of aromatic amines is 1. The maximum absolute atomic E-state index is 13.9. The van der Waals surface area contributed by atoms with Crippen LogP contribution in [0.15, 0.2) is 18.5 Å². The van der Waals surface area contributed by atoms with Crippen LogP contribution in [-0.4, -0.2) is 28.9 Å². The highest BCUT2D eigenvalue weighted by molar-refractivity contribution is 5.47. The van der Waals surface area contributed by atoms with Gasteiger partial charge in [0.25, 0.3) is 5.92 Å². The van der Waals surface area contributed by atoms with E-state index in [0.717, 1.165) is 49.1 Å². The Bertz CT molecular complexity index is 718. The molecule has 0 spiro atoms. The lowest BCUT2D eigenvalue weighted by Crippen LogP contribution is -2.42. The van der Waals surface area contributed by atoms with Crippen LogP contribution in [0, 0.1) is 5.41 Å². The van der Waals surface area contributed by atoms with Crippen molar-refractivity contribution in [2.24, 2.45) is 5.41 Å². The van der Waals surface area contributed by atoms with Crippen molar-refractivity contribution in [3.8, 4) is 0 Å². The highest BCUT2D eigenvalue weighted by Gasteiger charge is 2.44. The summed E-state index contributed by atoms with van der Waals surface area (Å²) in [6, 6.07) is 0. The molecule has 0 radical (unpaired) electrons. The Labute approximate surface area is 136 Å². The van der Waals surface area contributed by atoms with Crippen LogP contribution in [-0.2, 0) is 0 Å². The molecule has 2 nitrogen and oxygen atoms in total. The summed E-state index contributed by atoms with van der Waals surface area (Å²) in [5.41, 5.74) is 1.31. The zero-order valence-corrected chi connectivity index (χ0v) is 14.3. The van der Waals surface area contributed by atoms with Gasteiger partial charge in [-0.25, -0.2) is 8.78 Å². The van der Waals surface area contributed by atoms with Gasteiger partial charge in [0, 0.05) is 37.3 Å². The molecule has 126 valence electrons. The molecule has 1 aliphatic heterocycles. The van der Waals surface area contributed by atoms with Crippen molar-refractivity contribution >= 4 is 12.2 Å². The lowest BCUT2D eigenvalue weighted by molar-refractivity contribution is -0.0618. The van der Waals surface area contributed by atoms with E-state index in [0.29, 0.717) is 12.3 Å². The monoisotopic (exact) mass is 320 g/mol.